The average molecular weight is 764 g/mol. The van der Waals surface area contributed by atoms with E-state index in [0.717, 1.165) is 24.8 Å². The summed E-state index contributed by atoms with van der Waals surface area (Å²) in [5.41, 5.74) is 0.894. The summed E-state index contributed by atoms with van der Waals surface area (Å²) >= 11 is 1.62. The van der Waals surface area contributed by atoms with Gasteiger partial charge in [-0.2, -0.15) is 11.8 Å². The number of hydroxylamine groups is 2. The molecular formula is C40H69N5O7S. The van der Waals surface area contributed by atoms with Crippen molar-refractivity contribution in [2.75, 3.05) is 47.6 Å². The predicted molar refractivity (Wildman–Crippen MR) is 212 cm³/mol. The van der Waals surface area contributed by atoms with E-state index in [-0.39, 0.29) is 77.0 Å². The first kappa shape index (κ1) is 46.3. The Morgan fingerprint density at radius 3 is 2.23 bits per heavy atom. The Morgan fingerprint density at radius 2 is 1.72 bits per heavy atom. The molecule has 0 bridgehead atoms. The Labute approximate surface area is 323 Å². The van der Waals surface area contributed by atoms with Crippen LogP contribution < -0.4 is 5.32 Å². The molecule has 8 atom stereocenters. The molecule has 2 rings (SSSR count). The van der Waals surface area contributed by atoms with Gasteiger partial charge in [0, 0.05) is 33.7 Å². The minimum atomic E-state index is -0.741. The number of likely N-dealkylation sites (tertiary alicyclic amines) is 1. The van der Waals surface area contributed by atoms with Crippen molar-refractivity contribution in [3.63, 3.8) is 0 Å². The molecule has 1 aliphatic heterocycles. The molecule has 2 N–H and O–H groups in total. The van der Waals surface area contributed by atoms with E-state index in [2.05, 4.69) is 19.2 Å². The fourth-order valence-corrected chi connectivity index (χ4v) is 8.75. The van der Waals surface area contributed by atoms with Crippen LogP contribution >= 0.6 is 11.8 Å². The van der Waals surface area contributed by atoms with E-state index in [1.807, 2.05) is 70.8 Å². The lowest BCUT2D eigenvalue weighted by molar-refractivity contribution is -0.202. The third-order valence-electron chi connectivity index (χ3n) is 10.7. The van der Waals surface area contributed by atoms with Crippen LogP contribution in [-0.4, -0.2) is 138 Å². The van der Waals surface area contributed by atoms with Gasteiger partial charge < -0.3 is 25.0 Å². The minimum absolute atomic E-state index is 0.00885. The molecule has 1 aromatic rings. The van der Waals surface area contributed by atoms with Crippen molar-refractivity contribution in [2.45, 2.75) is 129 Å². The number of benzene rings is 1. The zero-order valence-corrected chi connectivity index (χ0v) is 35.4. The summed E-state index contributed by atoms with van der Waals surface area (Å²) in [7, 11) is 7.07. The second-order valence-corrected chi connectivity index (χ2v) is 16.6. The Hall–Kier alpha value is -2.87. The number of carbonyl (C=O) groups is 4. The fraction of sp³-hybridized carbons (Fsp3) is 0.750. The maximum absolute atomic E-state index is 14.2. The first-order chi connectivity index (χ1) is 24.9. The number of aromatic hydroxyl groups is 1. The van der Waals surface area contributed by atoms with Gasteiger partial charge in [0.2, 0.25) is 23.6 Å². The van der Waals surface area contributed by atoms with E-state index in [1.54, 1.807) is 49.0 Å². The molecule has 302 valence electrons. The lowest BCUT2D eigenvalue weighted by Gasteiger charge is -2.41. The van der Waals surface area contributed by atoms with Gasteiger partial charge in [-0.15, -0.1) is 0 Å². The van der Waals surface area contributed by atoms with Crippen LogP contribution in [0.5, 0.6) is 5.75 Å². The minimum Gasteiger partial charge on any atom is -0.508 e. The topological polar surface area (TPSA) is 132 Å². The van der Waals surface area contributed by atoms with Crippen molar-refractivity contribution in [3.05, 3.63) is 29.8 Å². The van der Waals surface area contributed by atoms with Crippen LogP contribution in [0, 0.1) is 17.8 Å². The number of methoxy groups -OCH3 is 1. The molecule has 1 fully saturated rings. The highest BCUT2D eigenvalue weighted by atomic mass is 32.2. The van der Waals surface area contributed by atoms with E-state index in [0.29, 0.717) is 19.5 Å². The van der Waals surface area contributed by atoms with Gasteiger partial charge in [-0.3, -0.25) is 28.9 Å². The Morgan fingerprint density at radius 1 is 1.06 bits per heavy atom. The molecule has 0 radical (unpaired) electrons. The van der Waals surface area contributed by atoms with E-state index in [4.69, 9.17) is 9.57 Å². The molecule has 1 aliphatic rings. The second-order valence-electron chi connectivity index (χ2n) is 15.5. The summed E-state index contributed by atoms with van der Waals surface area (Å²) in [6.07, 6.45) is 4.07. The summed E-state index contributed by atoms with van der Waals surface area (Å²) in [5, 5.41) is 14.2. The molecule has 0 aromatic heterocycles. The van der Waals surface area contributed by atoms with E-state index < -0.39 is 18.2 Å². The predicted octanol–water partition coefficient (Wildman–Crippen LogP) is 4.83. The zero-order chi connectivity index (χ0) is 40.2. The average Bonchev–Trinajstić information content (AvgIpc) is 3.57. The van der Waals surface area contributed by atoms with E-state index in [9.17, 15) is 24.3 Å². The molecule has 13 heteroatoms. The van der Waals surface area contributed by atoms with Crippen molar-refractivity contribution in [1.82, 2.24) is 25.1 Å². The number of likely N-dealkylation sites (N-methyl/N-ethyl adjacent to an activating group) is 2. The third kappa shape index (κ3) is 12.9. The highest BCUT2D eigenvalue weighted by Crippen LogP contribution is 2.32. The van der Waals surface area contributed by atoms with Crippen LogP contribution in [0.25, 0.3) is 0 Å². The SMILES string of the molecule is CCC(C)C(C(CC(=O)N1CCCC1C(SC)C(C)ON(CCc1cccc(O)c1)C(C)=O)OC)N(C)C(=O)C(NC(=O)C(C(C)C)N(C)C)C(C)C. The van der Waals surface area contributed by atoms with Crippen molar-refractivity contribution < 1.29 is 33.9 Å². The van der Waals surface area contributed by atoms with Gasteiger partial charge in [-0.1, -0.05) is 60.1 Å². The highest BCUT2D eigenvalue weighted by Gasteiger charge is 2.42. The highest BCUT2D eigenvalue weighted by molar-refractivity contribution is 7.99. The monoisotopic (exact) mass is 763 g/mol. The van der Waals surface area contributed by atoms with Crippen molar-refractivity contribution in [1.29, 1.82) is 0 Å². The van der Waals surface area contributed by atoms with E-state index >= 15 is 0 Å². The molecule has 12 nitrogen and oxygen atoms in total. The van der Waals surface area contributed by atoms with Crippen LogP contribution in [-0.2, 0) is 35.2 Å². The second kappa shape index (κ2) is 21.9. The van der Waals surface area contributed by atoms with Crippen LogP contribution in [0.2, 0.25) is 0 Å². The third-order valence-corrected chi connectivity index (χ3v) is 11.9. The molecule has 4 amide bonds. The normalized spacial score (nSPS) is 18.7. The van der Waals surface area contributed by atoms with Crippen LogP contribution in [0.15, 0.2) is 24.3 Å². The molecule has 1 heterocycles. The number of phenolic OH excluding ortho intramolecular Hbond substituents is 1. The van der Waals surface area contributed by atoms with Crippen LogP contribution in [0.4, 0.5) is 0 Å². The summed E-state index contributed by atoms with van der Waals surface area (Å²) < 4.78 is 6.05. The Balaban J connectivity index is 2.25. The molecule has 0 saturated carbocycles. The smallest absolute Gasteiger partial charge is 0.245 e. The zero-order valence-electron chi connectivity index (χ0n) is 34.6. The molecule has 1 aromatic carbocycles. The number of carbonyl (C=O) groups excluding carboxylic acids is 4. The van der Waals surface area contributed by atoms with E-state index in [1.165, 1.54) is 12.0 Å². The summed E-state index contributed by atoms with van der Waals surface area (Å²) in [5.74, 6) is -0.581. The van der Waals surface area contributed by atoms with Gasteiger partial charge in [-0.25, -0.2) is 5.06 Å². The number of nitrogens with zero attached hydrogens (tertiary/aromatic N) is 4. The number of amides is 4. The molecule has 0 spiro atoms. The van der Waals surface area contributed by atoms with Crippen LogP contribution in [0.3, 0.4) is 0 Å². The van der Waals surface area contributed by atoms with Crippen LogP contribution in [0.1, 0.15) is 86.6 Å². The summed E-state index contributed by atoms with van der Waals surface area (Å²) in [6.45, 7) is 16.3. The van der Waals surface area contributed by atoms with Crippen molar-refractivity contribution >= 4 is 35.4 Å². The summed E-state index contributed by atoms with van der Waals surface area (Å²) in [4.78, 5) is 66.3. The number of hydrogen-bond donors (Lipinski definition) is 2. The molecular weight excluding hydrogens is 695 g/mol. The number of rotatable bonds is 21. The fourth-order valence-electron chi connectivity index (χ4n) is 7.72. The standard InChI is InChI=1S/C40H69N5O7S/c1-14-27(6)37(43(11)40(50)35(25(2)3)41-39(49)36(26(4)5)42(9)10)33(51-12)24-34(48)44-21-16-19-32(44)38(53-13)28(7)52-45(29(8)46)22-20-30-17-15-18-31(47)23-30/h15,17-18,23,25-28,32-33,35-38,47H,14,16,19-22,24H2,1-13H3,(H,41,49). The van der Waals surface area contributed by atoms with Crippen molar-refractivity contribution in [2.24, 2.45) is 17.8 Å². The maximum Gasteiger partial charge on any atom is 0.245 e. The molecule has 0 aliphatic carbocycles. The number of nitrogens with one attached hydrogen (secondary N) is 1. The lowest BCUT2D eigenvalue weighted by Crippen LogP contribution is -2.59. The number of ether oxygens (including phenoxy) is 1. The largest absolute Gasteiger partial charge is 0.508 e. The number of thioether (sulfide) groups is 1. The Kier molecular flexibility index (Phi) is 19.1. The number of hydrogen-bond acceptors (Lipinski definition) is 9. The molecule has 8 unspecified atom stereocenters. The summed E-state index contributed by atoms with van der Waals surface area (Å²) in [6, 6.07) is 5.31. The van der Waals surface area contributed by atoms with Gasteiger partial charge in [0.1, 0.15) is 11.8 Å². The van der Waals surface area contributed by atoms with Gasteiger partial charge in [0.05, 0.1) is 42.5 Å². The maximum atomic E-state index is 14.2. The van der Waals surface area contributed by atoms with Crippen molar-refractivity contribution in [3.8, 4) is 5.75 Å². The number of phenols is 1. The first-order valence-electron chi connectivity index (χ1n) is 19.2. The molecule has 53 heavy (non-hydrogen) atoms. The first-order valence-corrected chi connectivity index (χ1v) is 20.5. The quantitative estimate of drug-likeness (QED) is 0.169. The lowest BCUT2D eigenvalue weighted by atomic mass is 9.89. The van der Waals surface area contributed by atoms with Gasteiger partial charge in [0.15, 0.2) is 0 Å². The molecule has 1 saturated heterocycles. The van der Waals surface area contributed by atoms with Gasteiger partial charge in [0.25, 0.3) is 0 Å². The van der Waals surface area contributed by atoms with Gasteiger partial charge in [-0.05, 0) is 82.0 Å². The van der Waals surface area contributed by atoms with Gasteiger partial charge >= 0.3 is 0 Å². The Bertz CT molecular complexity index is 1320.